The molecule has 1 saturated heterocycles. The molecule has 1 heterocycles. The van der Waals surface area contributed by atoms with Crippen molar-refractivity contribution in [3.8, 4) is 0 Å². The molecular weight excluding hydrogens is 256 g/mol. The van der Waals surface area contributed by atoms with Crippen molar-refractivity contribution in [1.82, 2.24) is 4.31 Å². The van der Waals surface area contributed by atoms with Crippen LogP contribution in [0, 0.1) is 5.92 Å². The zero-order chi connectivity index (χ0) is 13.9. The number of piperidine rings is 1. The Morgan fingerprint density at radius 2 is 2.17 bits per heavy atom. The molecule has 0 aromatic rings. The average Bonchev–Trinajstić information content (AvgIpc) is 2.36. The fourth-order valence-electron chi connectivity index (χ4n) is 2.37. The number of carbonyl (C=O) groups is 1. The van der Waals surface area contributed by atoms with Gasteiger partial charge in [0.15, 0.2) is 5.25 Å². The van der Waals surface area contributed by atoms with Gasteiger partial charge in [0.2, 0.25) is 10.0 Å². The highest BCUT2D eigenvalue weighted by atomic mass is 32.2. The van der Waals surface area contributed by atoms with Gasteiger partial charge in [-0.2, -0.15) is 4.31 Å². The lowest BCUT2D eigenvalue weighted by molar-refractivity contribution is -0.139. The number of hydrogen-bond acceptors (Lipinski definition) is 5. The maximum Gasteiger partial charge on any atom is 0.325 e. The first kappa shape index (κ1) is 15.4. The topological polar surface area (TPSA) is 89.7 Å². The Kier molecular flexibility index (Phi) is 5.12. The molecule has 0 aromatic carbocycles. The number of rotatable bonds is 4. The molecule has 6 nitrogen and oxygen atoms in total. The third kappa shape index (κ3) is 2.84. The van der Waals surface area contributed by atoms with Gasteiger partial charge in [-0.3, -0.25) is 4.79 Å². The minimum absolute atomic E-state index is 0.211. The average molecular weight is 278 g/mol. The first-order chi connectivity index (χ1) is 8.36. The van der Waals surface area contributed by atoms with Gasteiger partial charge in [-0.05, 0) is 25.7 Å². The minimum atomic E-state index is -3.69. The van der Waals surface area contributed by atoms with E-state index in [0.717, 1.165) is 12.8 Å². The molecule has 2 N–H and O–H groups in total. The van der Waals surface area contributed by atoms with Crippen LogP contribution in [0.5, 0.6) is 0 Å². The van der Waals surface area contributed by atoms with Crippen LogP contribution in [0.2, 0.25) is 0 Å². The van der Waals surface area contributed by atoms with Gasteiger partial charge in [-0.15, -0.1) is 0 Å². The van der Waals surface area contributed by atoms with Crippen LogP contribution in [-0.2, 0) is 19.6 Å². The van der Waals surface area contributed by atoms with Gasteiger partial charge in [0, 0.05) is 19.1 Å². The molecule has 0 amide bonds. The van der Waals surface area contributed by atoms with Crippen molar-refractivity contribution in [2.75, 3.05) is 20.2 Å². The van der Waals surface area contributed by atoms with Crippen molar-refractivity contribution in [2.24, 2.45) is 11.7 Å². The predicted octanol–water partition coefficient (Wildman–Crippen LogP) is -0.0631. The zero-order valence-corrected chi connectivity index (χ0v) is 11.9. The molecule has 1 aliphatic heterocycles. The first-order valence-corrected chi connectivity index (χ1v) is 7.65. The molecule has 7 heteroatoms. The van der Waals surface area contributed by atoms with Crippen molar-refractivity contribution in [3.05, 3.63) is 0 Å². The van der Waals surface area contributed by atoms with Crippen LogP contribution in [0.4, 0.5) is 0 Å². The molecule has 0 aliphatic carbocycles. The highest BCUT2D eigenvalue weighted by Crippen LogP contribution is 2.27. The highest BCUT2D eigenvalue weighted by molar-refractivity contribution is 7.90. The van der Waals surface area contributed by atoms with Crippen LogP contribution in [0.15, 0.2) is 0 Å². The van der Waals surface area contributed by atoms with Crippen molar-refractivity contribution in [2.45, 2.75) is 38.0 Å². The van der Waals surface area contributed by atoms with Crippen molar-refractivity contribution < 1.29 is 17.9 Å². The summed E-state index contributed by atoms with van der Waals surface area (Å²) in [6, 6.07) is -0.226. The summed E-state index contributed by atoms with van der Waals surface area (Å²) in [6.45, 7) is 4.04. The summed E-state index contributed by atoms with van der Waals surface area (Å²) < 4.78 is 30.6. The largest absolute Gasteiger partial charge is 0.468 e. The Balaban J connectivity index is 2.99. The van der Waals surface area contributed by atoms with E-state index >= 15 is 0 Å². The van der Waals surface area contributed by atoms with Gasteiger partial charge < -0.3 is 10.5 Å². The van der Waals surface area contributed by atoms with E-state index in [4.69, 9.17) is 5.73 Å². The lowest BCUT2D eigenvalue weighted by Crippen LogP contribution is -2.54. The SMILES string of the molecule is COC(=O)C(C)S(=O)(=O)N1CCCC(C)C1CN. The molecule has 3 atom stereocenters. The van der Waals surface area contributed by atoms with Gasteiger partial charge in [0.1, 0.15) is 0 Å². The number of hydrogen-bond donors (Lipinski definition) is 1. The molecule has 1 fully saturated rings. The van der Waals surface area contributed by atoms with Crippen LogP contribution in [0.1, 0.15) is 26.7 Å². The number of carbonyl (C=O) groups excluding carboxylic acids is 1. The third-order valence-corrected chi connectivity index (χ3v) is 5.81. The van der Waals surface area contributed by atoms with Crippen molar-refractivity contribution in [3.63, 3.8) is 0 Å². The second-order valence-corrected chi connectivity index (χ2v) is 6.95. The maximum atomic E-state index is 12.4. The Hall–Kier alpha value is -0.660. The second-order valence-electron chi connectivity index (χ2n) is 4.74. The van der Waals surface area contributed by atoms with E-state index in [1.54, 1.807) is 0 Å². The van der Waals surface area contributed by atoms with E-state index in [1.165, 1.54) is 18.3 Å². The van der Waals surface area contributed by atoms with Crippen LogP contribution in [0.25, 0.3) is 0 Å². The number of methoxy groups -OCH3 is 1. The number of sulfonamides is 1. The normalized spacial score (nSPS) is 27.8. The zero-order valence-electron chi connectivity index (χ0n) is 11.1. The molecule has 0 spiro atoms. The lowest BCUT2D eigenvalue weighted by Gasteiger charge is -2.39. The lowest BCUT2D eigenvalue weighted by atomic mass is 9.93. The Labute approximate surface area is 109 Å². The molecule has 1 aliphatic rings. The molecular formula is C11H22N2O4S. The first-order valence-electron chi connectivity index (χ1n) is 6.14. The maximum absolute atomic E-state index is 12.4. The van der Waals surface area contributed by atoms with Gasteiger partial charge in [0.25, 0.3) is 0 Å². The monoisotopic (exact) mass is 278 g/mol. The number of ether oxygens (including phenoxy) is 1. The number of esters is 1. The summed E-state index contributed by atoms with van der Waals surface area (Å²) in [5.74, 6) is -0.521. The molecule has 0 saturated carbocycles. The van der Waals surface area contributed by atoms with Crippen LogP contribution < -0.4 is 5.73 Å². The minimum Gasteiger partial charge on any atom is -0.468 e. The molecule has 0 bridgehead atoms. The number of nitrogens with two attached hydrogens (primary N) is 1. The van der Waals surface area contributed by atoms with Gasteiger partial charge in [-0.25, -0.2) is 8.42 Å². The van der Waals surface area contributed by atoms with Gasteiger partial charge >= 0.3 is 5.97 Å². The summed E-state index contributed by atoms with van der Waals surface area (Å²) in [4.78, 5) is 11.4. The Morgan fingerprint density at radius 1 is 1.56 bits per heavy atom. The second kappa shape index (κ2) is 5.99. The summed E-state index contributed by atoms with van der Waals surface area (Å²) in [5, 5.41) is -1.18. The van der Waals surface area contributed by atoms with E-state index in [0.29, 0.717) is 6.54 Å². The van der Waals surface area contributed by atoms with Gasteiger partial charge in [0.05, 0.1) is 7.11 Å². The van der Waals surface area contributed by atoms with Crippen molar-refractivity contribution >= 4 is 16.0 Å². The highest BCUT2D eigenvalue weighted by Gasteiger charge is 2.41. The molecule has 3 unspecified atom stereocenters. The Bertz CT molecular complexity index is 396. The number of nitrogens with zero attached hydrogens (tertiary/aromatic N) is 1. The Morgan fingerprint density at radius 3 is 2.67 bits per heavy atom. The quantitative estimate of drug-likeness (QED) is 0.727. The molecule has 0 aromatic heterocycles. The van der Waals surface area contributed by atoms with Gasteiger partial charge in [-0.1, -0.05) is 6.92 Å². The third-order valence-electron chi connectivity index (χ3n) is 3.61. The predicted molar refractivity (Wildman–Crippen MR) is 68.3 cm³/mol. The summed E-state index contributed by atoms with van der Waals surface area (Å²) in [6.07, 6.45) is 1.76. The van der Waals surface area contributed by atoms with E-state index in [2.05, 4.69) is 4.74 Å². The summed E-state index contributed by atoms with van der Waals surface area (Å²) in [5.41, 5.74) is 5.67. The molecule has 106 valence electrons. The van der Waals surface area contributed by atoms with Crippen LogP contribution in [-0.4, -0.2) is 50.2 Å². The van der Waals surface area contributed by atoms with E-state index < -0.39 is 21.2 Å². The molecule has 18 heavy (non-hydrogen) atoms. The van der Waals surface area contributed by atoms with Crippen LogP contribution >= 0.6 is 0 Å². The van der Waals surface area contributed by atoms with Crippen molar-refractivity contribution in [1.29, 1.82) is 0 Å². The standard InChI is InChI=1S/C11H22N2O4S/c1-8-5-4-6-13(10(8)7-12)18(15,16)9(2)11(14)17-3/h8-10H,4-7,12H2,1-3H3. The fourth-order valence-corrected chi connectivity index (χ4v) is 4.17. The fraction of sp³-hybridized carbons (Fsp3) is 0.909. The summed E-state index contributed by atoms with van der Waals surface area (Å²) >= 11 is 0. The molecule has 0 radical (unpaired) electrons. The molecule has 1 rings (SSSR count). The van der Waals surface area contributed by atoms with E-state index in [9.17, 15) is 13.2 Å². The van der Waals surface area contributed by atoms with E-state index in [1.807, 2.05) is 6.92 Å². The summed E-state index contributed by atoms with van der Waals surface area (Å²) in [7, 11) is -2.50. The van der Waals surface area contributed by atoms with E-state index in [-0.39, 0.29) is 18.5 Å². The van der Waals surface area contributed by atoms with Crippen LogP contribution in [0.3, 0.4) is 0 Å². The smallest absolute Gasteiger partial charge is 0.325 e.